The number of carbonyl (C=O) groups is 2. The summed E-state index contributed by atoms with van der Waals surface area (Å²) in [6.45, 7) is 6.39. The van der Waals surface area contributed by atoms with E-state index in [1.54, 1.807) is 0 Å². The number of hydrogen-bond donors (Lipinski definition) is 2. The highest BCUT2D eigenvalue weighted by molar-refractivity contribution is 5.94. The summed E-state index contributed by atoms with van der Waals surface area (Å²) in [4.78, 5) is 28.4. The Morgan fingerprint density at radius 1 is 1.15 bits per heavy atom. The molecule has 0 saturated carbocycles. The van der Waals surface area contributed by atoms with Crippen molar-refractivity contribution < 1.29 is 9.59 Å². The number of carbonyl (C=O) groups excluding carboxylic acids is 2. The average molecular weight is 357 g/mol. The van der Waals surface area contributed by atoms with Crippen LogP contribution in [0.25, 0.3) is 0 Å². The largest absolute Gasteiger partial charge is 0.369 e. The standard InChI is InChI=1S/C19H27N5O2/c1-15(13-18(25)21-8-7-20)14-22-19(26)16-3-5-17(6-4-16)24-11-9-23(2)10-12-24/h3-6,15H,8-14H2,1-2H3,(H,21,25)(H,22,26). The van der Waals surface area contributed by atoms with E-state index in [4.69, 9.17) is 5.26 Å². The van der Waals surface area contributed by atoms with Gasteiger partial charge in [-0.25, -0.2) is 0 Å². The molecule has 0 aliphatic carbocycles. The fourth-order valence-corrected chi connectivity index (χ4v) is 2.86. The van der Waals surface area contributed by atoms with E-state index in [1.807, 2.05) is 37.3 Å². The molecule has 7 heteroatoms. The first kappa shape index (κ1) is 19.7. The minimum atomic E-state index is -0.176. The maximum atomic E-state index is 12.3. The lowest BCUT2D eigenvalue weighted by Gasteiger charge is -2.34. The van der Waals surface area contributed by atoms with Crippen LogP contribution in [0.2, 0.25) is 0 Å². The van der Waals surface area contributed by atoms with Crippen molar-refractivity contribution in [3.8, 4) is 6.07 Å². The fourth-order valence-electron chi connectivity index (χ4n) is 2.86. The fraction of sp³-hybridized carbons (Fsp3) is 0.526. The lowest BCUT2D eigenvalue weighted by atomic mass is 10.1. The predicted octanol–water partition coefficient (Wildman–Crippen LogP) is 0.834. The molecule has 7 nitrogen and oxygen atoms in total. The second-order valence-corrected chi connectivity index (χ2v) is 6.79. The summed E-state index contributed by atoms with van der Waals surface area (Å²) in [5.74, 6) is -0.314. The summed E-state index contributed by atoms with van der Waals surface area (Å²) in [5.41, 5.74) is 1.75. The van der Waals surface area contributed by atoms with Crippen molar-refractivity contribution in [1.29, 1.82) is 5.26 Å². The molecule has 1 heterocycles. The molecule has 1 atom stereocenters. The van der Waals surface area contributed by atoms with Gasteiger partial charge in [-0.15, -0.1) is 0 Å². The van der Waals surface area contributed by atoms with Gasteiger partial charge < -0.3 is 20.4 Å². The zero-order valence-corrected chi connectivity index (χ0v) is 15.5. The summed E-state index contributed by atoms with van der Waals surface area (Å²) in [6, 6.07) is 9.52. The first-order valence-electron chi connectivity index (χ1n) is 8.95. The van der Waals surface area contributed by atoms with Crippen LogP contribution in [0.1, 0.15) is 23.7 Å². The third-order valence-corrected chi connectivity index (χ3v) is 4.51. The van der Waals surface area contributed by atoms with Crippen LogP contribution in [0.4, 0.5) is 5.69 Å². The van der Waals surface area contributed by atoms with Crippen molar-refractivity contribution in [2.45, 2.75) is 13.3 Å². The molecule has 1 aromatic carbocycles. The summed E-state index contributed by atoms with van der Waals surface area (Å²) < 4.78 is 0. The highest BCUT2D eigenvalue weighted by atomic mass is 16.2. The van der Waals surface area contributed by atoms with E-state index >= 15 is 0 Å². The first-order valence-corrected chi connectivity index (χ1v) is 8.95. The van der Waals surface area contributed by atoms with E-state index in [1.165, 1.54) is 0 Å². The Hall–Kier alpha value is -2.59. The van der Waals surface area contributed by atoms with Crippen molar-refractivity contribution >= 4 is 17.5 Å². The molecule has 1 aliphatic rings. The molecule has 1 aromatic rings. The summed E-state index contributed by atoms with van der Waals surface area (Å²) in [5, 5.41) is 13.8. The zero-order valence-electron chi connectivity index (χ0n) is 15.5. The minimum Gasteiger partial charge on any atom is -0.369 e. The molecule has 2 rings (SSSR count). The molecule has 1 aliphatic heterocycles. The smallest absolute Gasteiger partial charge is 0.251 e. The SMILES string of the molecule is CC(CNC(=O)c1ccc(N2CCN(C)CC2)cc1)CC(=O)NCC#N. The summed E-state index contributed by atoms with van der Waals surface area (Å²) in [6.07, 6.45) is 0.282. The Balaban J connectivity index is 1.79. The average Bonchev–Trinajstić information content (AvgIpc) is 2.65. The van der Waals surface area contributed by atoms with E-state index < -0.39 is 0 Å². The Morgan fingerprint density at radius 3 is 2.42 bits per heavy atom. The van der Waals surface area contributed by atoms with Crippen LogP contribution in [0, 0.1) is 17.2 Å². The van der Waals surface area contributed by atoms with Crippen molar-refractivity contribution in [1.82, 2.24) is 15.5 Å². The molecule has 1 saturated heterocycles. The Bertz CT molecular complexity index is 645. The molecule has 2 amide bonds. The molecule has 0 bridgehead atoms. The first-order chi connectivity index (χ1) is 12.5. The van der Waals surface area contributed by atoms with Crippen molar-refractivity contribution in [2.24, 2.45) is 5.92 Å². The molecular formula is C19H27N5O2. The highest BCUT2D eigenvalue weighted by Gasteiger charge is 2.15. The maximum absolute atomic E-state index is 12.3. The monoisotopic (exact) mass is 357 g/mol. The number of amides is 2. The van der Waals surface area contributed by atoms with Gasteiger partial charge in [-0.2, -0.15) is 5.26 Å². The number of benzene rings is 1. The number of piperazine rings is 1. The van der Waals surface area contributed by atoms with Gasteiger partial charge in [0.05, 0.1) is 6.07 Å². The number of likely N-dealkylation sites (N-methyl/N-ethyl adjacent to an activating group) is 1. The van der Waals surface area contributed by atoms with E-state index in [0.29, 0.717) is 12.1 Å². The second-order valence-electron chi connectivity index (χ2n) is 6.79. The van der Waals surface area contributed by atoms with Gasteiger partial charge in [0.1, 0.15) is 6.54 Å². The van der Waals surface area contributed by atoms with Crippen molar-refractivity contribution in [3.63, 3.8) is 0 Å². The van der Waals surface area contributed by atoms with Crippen LogP contribution in [-0.4, -0.2) is 63.0 Å². The van der Waals surface area contributed by atoms with E-state index in [2.05, 4.69) is 27.5 Å². The van der Waals surface area contributed by atoms with Crippen molar-refractivity contribution in [2.75, 3.05) is 51.2 Å². The minimum absolute atomic E-state index is 0.00209. The van der Waals surface area contributed by atoms with Gasteiger partial charge in [0.2, 0.25) is 5.91 Å². The van der Waals surface area contributed by atoms with Gasteiger partial charge in [0.25, 0.3) is 5.91 Å². The normalized spacial score (nSPS) is 15.8. The van der Waals surface area contributed by atoms with Crippen molar-refractivity contribution in [3.05, 3.63) is 29.8 Å². The summed E-state index contributed by atoms with van der Waals surface area (Å²) in [7, 11) is 2.12. The molecule has 26 heavy (non-hydrogen) atoms. The lowest BCUT2D eigenvalue weighted by molar-refractivity contribution is -0.121. The number of anilines is 1. The van der Waals surface area contributed by atoms with Gasteiger partial charge in [-0.05, 0) is 37.2 Å². The molecule has 1 unspecified atom stereocenters. The van der Waals surface area contributed by atoms with E-state index in [9.17, 15) is 9.59 Å². The lowest BCUT2D eigenvalue weighted by Crippen LogP contribution is -2.44. The third kappa shape index (κ3) is 6.05. The number of nitriles is 1. The molecule has 2 N–H and O–H groups in total. The van der Waals surface area contributed by atoms with Crippen LogP contribution in [0.15, 0.2) is 24.3 Å². The molecule has 0 aromatic heterocycles. The van der Waals surface area contributed by atoms with Gasteiger partial charge >= 0.3 is 0 Å². The molecule has 0 spiro atoms. The van der Waals surface area contributed by atoms with Gasteiger partial charge in [0.15, 0.2) is 0 Å². The van der Waals surface area contributed by atoms with Gasteiger partial charge in [0, 0.05) is 50.4 Å². The van der Waals surface area contributed by atoms with E-state index in [-0.39, 0.29) is 30.7 Å². The number of rotatable bonds is 7. The number of nitrogens with zero attached hydrogens (tertiary/aromatic N) is 3. The Morgan fingerprint density at radius 2 is 1.81 bits per heavy atom. The molecule has 0 radical (unpaired) electrons. The van der Waals surface area contributed by atoms with Crippen LogP contribution in [0.5, 0.6) is 0 Å². The third-order valence-electron chi connectivity index (χ3n) is 4.51. The predicted molar refractivity (Wildman–Crippen MR) is 101 cm³/mol. The zero-order chi connectivity index (χ0) is 18.9. The summed E-state index contributed by atoms with van der Waals surface area (Å²) >= 11 is 0. The second kappa shape index (κ2) is 9.78. The molecule has 140 valence electrons. The highest BCUT2D eigenvalue weighted by Crippen LogP contribution is 2.17. The number of hydrogen-bond acceptors (Lipinski definition) is 5. The molecule has 1 fully saturated rings. The van der Waals surface area contributed by atoms with Gasteiger partial charge in [-0.1, -0.05) is 6.92 Å². The topological polar surface area (TPSA) is 88.5 Å². The quantitative estimate of drug-likeness (QED) is 0.706. The van der Waals surface area contributed by atoms with Gasteiger partial charge in [-0.3, -0.25) is 9.59 Å². The van der Waals surface area contributed by atoms with Crippen LogP contribution < -0.4 is 15.5 Å². The van der Waals surface area contributed by atoms with E-state index in [0.717, 1.165) is 31.9 Å². The van der Waals surface area contributed by atoms with Crippen LogP contribution >= 0.6 is 0 Å². The Labute approximate surface area is 155 Å². The Kier molecular flexibility index (Phi) is 7.42. The van der Waals surface area contributed by atoms with Crippen LogP contribution in [0.3, 0.4) is 0 Å². The number of nitrogens with one attached hydrogen (secondary N) is 2. The molecular weight excluding hydrogens is 330 g/mol. The van der Waals surface area contributed by atoms with Crippen LogP contribution in [-0.2, 0) is 4.79 Å². The maximum Gasteiger partial charge on any atom is 0.251 e.